The van der Waals surface area contributed by atoms with Gasteiger partial charge in [-0.1, -0.05) is 28.1 Å². The summed E-state index contributed by atoms with van der Waals surface area (Å²) in [5.41, 5.74) is 1.41. The van der Waals surface area contributed by atoms with Gasteiger partial charge in [0.15, 0.2) is 0 Å². The molecule has 110 valence electrons. The van der Waals surface area contributed by atoms with Gasteiger partial charge < -0.3 is 10.2 Å². The van der Waals surface area contributed by atoms with Crippen LogP contribution in [0.1, 0.15) is 25.7 Å². The molecule has 21 heavy (non-hydrogen) atoms. The molecule has 1 N–H and O–H groups in total. The van der Waals surface area contributed by atoms with Crippen molar-refractivity contribution in [3.63, 3.8) is 0 Å². The predicted octanol–water partition coefficient (Wildman–Crippen LogP) is 4.32. The molecule has 2 aromatic rings. The van der Waals surface area contributed by atoms with E-state index in [0.717, 1.165) is 4.47 Å². The molecular formula is C18H21BrN2. The summed E-state index contributed by atoms with van der Waals surface area (Å²) in [6.07, 6.45) is 5.26. The number of hydrogen-bond acceptors (Lipinski definition) is 2. The SMILES string of the molecule is CNC1CC2CCC(C1)N2c1ccc2cc(Br)ccc2c1. The highest BCUT2D eigenvalue weighted by atomic mass is 79.9. The van der Waals surface area contributed by atoms with Crippen LogP contribution in [0.5, 0.6) is 0 Å². The van der Waals surface area contributed by atoms with Gasteiger partial charge in [-0.15, -0.1) is 0 Å². The zero-order valence-electron chi connectivity index (χ0n) is 12.3. The topological polar surface area (TPSA) is 15.3 Å². The van der Waals surface area contributed by atoms with E-state index in [9.17, 15) is 0 Å². The molecule has 2 heterocycles. The van der Waals surface area contributed by atoms with E-state index in [0.29, 0.717) is 18.1 Å². The average molecular weight is 345 g/mol. The molecule has 2 aliphatic rings. The number of nitrogens with zero attached hydrogens (tertiary/aromatic N) is 1. The third-order valence-corrected chi connectivity index (χ3v) is 5.72. The normalized spacial score (nSPS) is 28.3. The second-order valence-electron chi connectivity index (χ2n) is 6.43. The summed E-state index contributed by atoms with van der Waals surface area (Å²) in [6.45, 7) is 0. The summed E-state index contributed by atoms with van der Waals surface area (Å²) in [7, 11) is 2.10. The Kier molecular flexibility index (Phi) is 3.43. The molecule has 0 amide bonds. The summed E-state index contributed by atoms with van der Waals surface area (Å²) in [5.74, 6) is 0. The van der Waals surface area contributed by atoms with Gasteiger partial charge in [-0.3, -0.25) is 0 Å². The van der Waals surface area contributed by atoms with Crippen LogP contribution in [0.15, 0.2) is 40.9 Å². The molecule has 2 fully saturated rings. The van der Waals surface area contributed by atoms with Crippen molar-refractivity contribution in [1.29, 1.82) is 0 Å². The fraction of sp³-hybridized carbons (Fsp3) is 0.444. The third-order valence-electron chi connectivity index (χ3n) is 5.23. The fourth-order valence-corrected chi connectivity index (χ4v) is 4.58. The van der Waals surface area contributed by atoms with Crippen molar-refractivity contribution < 1.29 is 0 Å². The monoisotopic (exact) mass is 344 g/mol. The van der Waals surface area contributed by atoms with Gasteiger partial charge in [-0.2, -0.15) is 0 Å². The van der Waals surface area contributed by atoms with Gasteiger partial charge in [0, 0.05) is 28.3 Å². The Bertz CT molecular complexity index is 655. The van der Waals surface area contributed by atoms with E-state index in [2.05, 4.69) is 69.6 Å². The Morgan fingerprint density at radius 3 is 2.38 bits per heavy atom. The smallest absolute Gasteiger partial charge is 0.0377 e. The van der Waals surface area contributed by atoms with Gasteiger partial charge in [0.05, 0.1) is 0 Å². The van der Waals surface area contributed by atoms with Crippen molar-refractivity contribution in [2.75, 3.05) is 11.9 Å². The molecule has 0 spiro atoms. The van der Waals surface area contributed by atoms with Crippen LogP contribution in [0.2, 0.25) is 0 Å². The van der Waals surface area contributed by atoms with Crippen molar-refractivity contribution in [3.05, 3.63) is 40.9 Å². The maximum absolute atomic E-state index is 3.55. The Balaban J connectivity index is 1.69. The summed E-state index contributed by atoms with van der Waals surface area (Å²) >= 11 is 3.55. The first kappa shape index (κ1) is 13.6. The van der Waals surface area contributed by atoms with Gasteiger partial charge in [-0.25, -0.2) is 0 Å². The first-order chi connectivity index (χ1) is 10.2. The highest BCUT2D eigenvalue weighted by Gasteiger charge is 2.40. The zero-order valence-corrected chi connectivity index (χ0v) is 13.9. The second kappa shape index (κ2) is 5.29. The number of fused-ring (bicyclic) bond motifs is 3. The van der Waals surface area contributed by atoms with E-state index < -0.39 is 0 Å². The minimum Gasteiger partial charge on any atom is -0.365 e. The van der Waals surface area contributed by atoms with Gasteiger partial charge in [0.2, 0.25) is 0 Å². The van der Waals surface area contributed by atoms with Crippen molar-refractivity contribution >= 4 is 32.4 Å². The summed E-state index contributed by atoms with van der Waals surface area (Å²) in [4.78, 5) is 2.69. The summed E-state index contributed by atoms with van der Waals surface area (Å²) in [6, 6.07) is 15.6. The molecule has 2 saturated heterocycles. The van der Waals surface area contributed by atoms with E-state index in [1.165, 1.54) is 42.1 Å². The molecule has 0 aromatic heterocycles. The van der Waals surface area contributed by atoms with Gasteiger partial charge in [-0.05, 0) is 67.8 Å². The first-order valence-corrected chi connectivity index (χ1v) is 8.69. The van der Waals surface area contributed by atoms with Crippen LogP contribution in [0.25, 0.3) is 10.8 Å². The number of benzene rings is 2. The third kappa shape index (κ3) is 2.36. The Hall–Kier alpha value is -1.06. The molecular weight excluding hydrogens is 324 g/mol. The van der Waals surface area contributed by atoms with Crippen LogP contribution in [-0.2, 0) is 0 Å². The highest BCUT2D eigenvalue weighted by Crippen LogP contribution is 2.40. The van der Waals surface area contributed by atoms with Crippen molar-refractivity contribution in [2.24, 2.45) is 0 Å². The average Bonchev–Trinajstić information content (AvgIpc) is 2.77. The van der Waals surface area contributed by atoms with Crippen LogP contribution in [0.3, 0.4) is 0 Å². The minimum atomic E-state index is 0.704. The predicted molar refractivity (Wildman–Crippen MR) is 93.0 cm³/mol. The summed E-state index contributed by atoms with van der Waals surface area (Å²) in [5, 5.41) is 6.13. The number of nitrogens with one attached hydrogen (secondary N) is 1. The number of anilines is 1. The van der Waals surface area contributed by atoms with Crippen LogP contribution in [0, 0.1) is 0 Å². The highest BCUT2D eigenvalue weighted by molar-refractivity contribution is 9.10. The molecule has 3 heteroatoms. The first-order valence-electron chi connectivity index (χ1n) is 7.89. The van der Waals surface area contributed by atoms with Crippen molar-refractivity contribution in [2.45, 2.75) is 43.8 Å². The lowest BCUT2D eigenvalue weighted by Crippen LogP contribution is -2.48. The van der Waals surface area contributed by atoms with Crippen LogP contribution < -0.4 is 10.2 Å². The van der Waals surface area contributed by atoms with Crippen LogP contribution in [-0.4, -0.2) is 25.2 Å². The molecule has 2 nitrogen and oxygen atoms in total. The molecule has 2 bridgehead atoms. The van der Waals surface area contributed by atoms with Gasteiger partial charge >= 0.3 is 0 Å². The van der Waals surface area contributed by atoms with Gasteiger partial charge in [0.1, 0.15) is 0 Å². The van der Waals surface area contributed by atoms with E-state index in [1.54, 1.807) is 0 Å². The minimum absolute atomic E-state index is 0.704. The van der Waals surface area contributed by atoms with Gasteiger partial charge in [0.25, 0.3) is 0 Å². The molecule has 0 radical (unpaired) electrons. The number of rotatable bonds is 2. The van der Waals surface area contributed by atoms with E-state index in [1.807, 2.05) is 0 Å². The van der Waals surface area contributed by atoms with Crippen LogP contribution >= 0.6 is 15.9 Å². The standard InChI is InChI=1S/C18H21BrN2/c1-20-15-10-17-6-7-18(11-15)21(17)16-5-3-12-8-14(19)4-2-13(12)9-16/h2-5,8-9,15,17-18,20H,6-7,10-11H2,1H3. The second-order valence-corrected chi connectivity index (χ2v) is 7.34. The molecule has 0 saturated carbocycles. The van der Waals surface area contributed by atoms with Crippen molar-refractivity contribution in [3.8, 4) is 0 Å². The Labute approximate surface area is 134 Å². The van der Waals surface area contributed by atoms with Crippen molar-refractivity contribution in [1.82, 2.24) is 5.32 Å². The fourth-order valence-electron chi connectivity index (χ4n) is 4.20. The number of hydrogen-bond donors (Lipinski definition) is 1. The van der Waals surface area contributed by atoms with E-state index in [4.69, 9.17) is 0 Å². The Morgan fingerprint density at radius 2 is 1.67 bits per heavy atom. The molecule has 4 rings (SSSR count). The van der Waals surface area contributed by atoms with E-state index in [-0.39, 0.29) is 0 Å². The lowest BCUT2D eigenvalue weighted by atomic mass is 9.96. The molecule has 2 aromatic carbocycles. The largest absolute Gasteiger partial charge is 0.365 e. The quantitative estimate of drug-likeness (QED) is 0.872. The maximum Gasteiger partial charge on any atom is 0.0377 e. The molecule has 2 atom stereocenters. The van der Waals surface area contributed by atoms with Crippen LogP contribution in [0.4, 0.5) is 5.69 Å². The number of piperidine rings is 1. The lowest BCUT2D eigenvalue weighted by molar-refractivity contribution is 0.374. The Morgan fingerprint density at radius 1 is 1.00 bits per heavy atom. The maximum atomic E-state index is 3.55. The number of halogens is 1. The summed E-state index contributed by atoms with van der Waals surface area (Å²) < 4.78 is 1.15. The molecule has 0 aliphatic carbocycles. The van der Waals surface area contributed by atoms with E-state index >= 15 is 0 Å². The lowest BCUT2D eigenvalue weighted by Gasteiger charge is -2.40. The zero-order chi connectivity index (χ0) is 14.4. The molecule has 2 unspecified atom stereocenters. The molecule has 2 aliphatic heterocycles.